The molecule has 198 valence electrons. The van der Waals surface area contributed by atoms with Crippen molar-refractivity contribution in [3.8, 4) is 35.5 Å². The molecule has 0 atom stereocenters. The molecule has 1 saturated heterocycles. The van der Waals surface area contributed by atoms with Crippen LogP contribution >= 0.6 is 0 Å². The minimum atomic E-state index is -0.966. The Bertz CT molecular complexity index is 1700. The number of terminal acetylenes is 1. The van der Waals surface area contributed by atoms with Crippen LogP contribution in [0.4, 0.5) is 14.6 Å². The van der Waals surface area contributed by atoms with Crippen molar-refractivity contribution in [2.24, 2.45) is 12.5 Å². The second kappa shape index (κ2) is 10.3. The maximum absolute atomic E-state index is 15.8. The fourth-order valence-electron chi connectivity index (χ4n) is 5.46. The highest BCUT2D eigenvalue weighted by Gasteiger charge is 2.34. The molecule has 5 rings (SSSR count). The Morgan fingerprint density at radius 3 is 2.59 bits per heavy atom. The first-order chi connectivity index (χ1) is 18.8. The van der Waals surface area contributed by atoms with Crippen LogP contribution < -0.4 is 10.5 Å². The Morgan fingerprint density at radius 1 is 1.15 bits per heavy atom. The van der Waals surface area contributed by atoms with Gasteiger partial charge >= 0.3 is 0 Å². The van der Waals surface area contributed by atoms with E-state index in [1.165, 1.54) is 12.1 Å². The van der Waals surface area contributed by atoms with Gasteiger partial charge in [-0.15, -0.1) is 12.3 Å². The van der Waals surface area contributed by atoms with Crippen LogP contribution in [0.1, 0.15) is 44.6 Å². The van der Waals surface area contributed by atoms with E-state index < -0.39 is 17.2 Å². The Balaban J connectivity index is 1.64. The number of halogens is 2. The molecule has 0 radical (unpaired) electrons. The van der Waals surface area contributed by atoms with Gasteiger partial charge in [0.2, 0.25) is 5.82 Å². The molecule has 3 heterocycles. The molecule has 1 aliphatic rings. The van der Waals surface area contributed by atoms with Crippen molar-refractivity contribution in [2.45, 2.75) is 39.0 Å². The lowest BCUT2D eigenvalue weighted by Gasteiger charge is -2.42. The summed E-state index contributed by atoms with van der Waals surface area (Å²) in [6.07, 6.45) is 11.4. The van der Waals surface area contributed by atoms with Crippen LogP contribution in [-0.4, -0.2) is 32.4 Å². The maximum Gasteiger partial charge on any atom is 0.296 e. The number of nitrogens with zero attached hydrogens (tertiary/aromatic N) is 6. The SMILES string of the molecule is C#CCCC1(CC)CCN(c2nc(-c3ccc(C#N)c(F)c3)n(-c3ccc4nn(C)cc4c3)c(=O)c2F)CC1. The normalized spacial score (nSPS) is 14.8. The predicted octanol–water partition coefficient (Wildman–Crippen LogP) is 5.35. The minimum Gasteiger partial charge on any atom is -0.354 e. The van der Waals surface area contributed by atoms with Crippen LogP contribution in [0.3, 0.4) is 0 Å². The maximum atomic E-state index is 15.8. The average Bonchev–Trinajstić information content (AvgIpc) is 3.32. The predicted molar refractivity (Wildman–Crippen MR) is 146 cm³/mol. The van der Waals surface area contributed by atoms with Crippen molar-refractivity contribution < 1.29 is 8.78 Å². The van der Waals surface area contributed by atoms with Gasteiger partial charge < -0.3 is 4.90 Å². The number of aryl methyl sites for hydroxylation is 1. The Labute approximate surface area is 225 Å². The van der Waals surface area contributed by atoms with E-state index in [2.05, 4.69) is 22.9 Å². The number of anilines is 1. The van der Waals surface area contributed by atoms with Gasteiger partial charge in [0.15, 0.2) is 5.82 Å². The zero-order chi connectivity index (χ0) is 27.7. The van der Waals surface area contributed by atoms with Crippen molar-refractivity contribution in [1.29, 1.82) is 5.26 Å². The molecule has 39 heavy (non-hydrogen) atoms. The molecule has 0 bridgehead atoms. The highest BCUT2D eigenvalue weighted by Crippen LogP contribution is 2.40. The van der Waals surface area contributed by atoms with E-state index in [1.807, 2.05) is 0 Å². The molecule has 9 heteroatoms. The van der Waals surface area contributed by atoms with Gasteiger partial charge in [-0.1, -0.05) is 13.3 Å². The highest BCUT2D eigenvalue weighted by molar-refractivity contribution is 5.81. The zero-order valence-corrected chi connectivity index (χ0v) is 21.9. The summed E-state index contributed by atoms with van der Waals surface area (Å²) >= 11 is 0. The third-order valence-electron chi connectivity index (χ3n) is 7.89. The minimum absolute atomic E-state index is 0.0554. The highest BCUT2D eigenvalue weighted by atomic mass is 19.1. The van der Waals surface area contributed by atoms with E-state index in [0.717, 1.165) is 41.7 Å². The molecular formula is C30H28F2N6O. The number of hydrogen-bond acceptors (Lipinski definition) is 5. The van der Waals surface area contributed by atoms with Crippen LogP contribution in [0.25, 0.3) is 28.0 Å². The molecule has 0 amide bonds. The smallest absolute Gasteiger partial charge is 0.296 e. The van der Waals surface area contributed by atoms with Gasteiger partial charge in [-0.3, -0.25) is 14.0 Å². The van der Waals surface area contributed by atoms with Gasteiger partial charge in [-0.05, 0) is 61.1 Å². The van der Waals surface area contributed by atoms with Gasteiger partial charge in [-0.2, -0.15) is 14.8 Å². The number of rotatable bonds is 6. The summed E-state index contributed by atoms with van der Waals surface area (Å²) in [6, 6.07) is 10.9. The molecule has 0 spiro atoms. The zero-order valence-electron chi connectivity index (χ0n) is 21.9. The van der Waals surface area contributed by atoms with Crippen LogP contribution in [0.15, 0.2) is 47.4 Å². The second-order valence-corrected chi connectivity index (χ2v) is 10.1. The average molecular weight is 527 g/mol. The molecule has 2 aromatic carbocycles. The quantitative estimate of drug-likeness (QED) is 0.317. The van der Waals surface area contributed by atoms with Gasteiger partial charge in [0.1, 0.15) is 17.7 Å². The monoisotopic (exact) mass is 526 g/mol. The topological polar surface area (TPSA) is 79.7 Å². The van der Waals surface area contributed by atoms with Gasteiger partial charge in [0, 0.05) is 43.7 Å². The molecule has 2 aromatic heterocycles. The lowest BCUT2D eigenvalue weighted by molar-refractivity contribution is 0.192. The number of benzene rings is 2. The van der Waals surface area contributed by atoms with Crippen molar-refractivity contribution in [3.63, 3.8) is 0 Å². The Morgan fingerprint density at radius 2 is 1.92 bits per heavy atom. The van der Waals surface area contributed by atoms with Gasteiger partial charge in [0.25, 0.3) is 5.56 Å². The number of hydrogen-bond donors (Lipinski definition) is 0. The Kier molecular flexibility index (Phi) is 6.93. The first-order valence-electron chi connectivity index (χ1n) is 12.9. The van der Waals surface area contributed by atoms with Crippen molar-refractivity contribution in [2.75, 3.05) is 18.0 Å². The molecule has 4 aromatic rings. The van der Waals surface area contributed by atoms with Gasteiger partial charge in [0.05, 0.1) is 16.8 Å². The number of fused-ring (bicyclic) bond motifs is 1. The third kappa shape index (κ3) is 4.77. The summed E-state index contributed by atoms with van der Waals surface area (Å²) in [5.74, 6) is 1.04. The van der Waals surface area contributed by atoms with Crippen LogP contribution in [0.2, 0.25) is 0 Å². The van der Waals surface area contributed by atoms with Crippen LogP contribution in [0, 0.1) is 40.7 Å². The first kappa shape index (κ1) is 26.1. The second-order valence-electron chi connectivity index (χ2n) is 10.1. The summed E-state index contributed by atoms with van der Waals surface area (Å²) in [4.78, 5) is 20.1. The first-order valence-corrected chi connectivity index (χ1v) is 12.9. The van der Waals surface area contributed by atoms with E-state index in [1.54, 1.807) is 47.1 Å². The molecular weight excluding hydrogens is 498 g/mol. The van der Waals surface area contributed by atoms with E-state index >= 15 is 4.39 Å². The molecule has 0 saturated carbocycles. The summed E-state index contributed by atoms with van der Waals surface area (Å²) in [5.41, 5.74) is 0.393. The van der Waals surface area contributed by atoms with E-state index in [-0.39, 0.29) is 28.2 Å². The largest absolute Gasteiger partial charge is 0.354 e. The summed E-state index contributed by atoms with van der Waals surface area (Å²) in [6.45, 7) is 3.19. The number of aromatic nitrogens is 4. The standard InChI is InChI=1S/C30H28F2N6O/c1-4-6-11-30(5-2)12-14-37(15-13-30)28-26(32)29(39)38(23-9-10-25-22(16-23)19-36(3)35-25)27(34-28)20-7-8-21(18-33)24(31)17-20/h1,7-10,16-17,19H,5-6,11-15H2,2-3H3. The lowest BCUT2D eigenvalue weighted by atomic mass is 9.73. The number of piperidine rings is 1. The summed E-state index contributed by atoms with van der Waals surface area (Å²) in [5, 5.41) is 14.3. The molecule has 1 aliphatic heterocycles. The van der Waals surface area contributed by atoms with Crippen molar-refractivity contribution >= 4 is 16.7 Å². The van der Waals surface area contributed by atoms with Gasteiger partial charge in [-0.25, -0.2) is 9.37 Å². The summed E-state index contributed by atoms with van der Waals surface area (Å²) in [7, 11) is 1.78. The summed E-state index contributed by atoms with van der Waals surface area (Å²) < 4.78 is 33.3. The van der Waals surface area contributed by atoms with Crippen molar-refractivity contribution in [3.05, 3.63) is 70.1 Å². The van der Waals surface area contributed by atoms with Crippen LogP contribution in [0.5, 0.6) is 0 Å². The van der Waals surface area contributed by atoms with E-state index in [0.29, 0.717) is 30.7 Å². The fraction of sp³-hybridized carbons (Fsp3) is 0.333. The fourth-order valence-corrected chi connectivity index (χ4v) is 5.46. The van der Waals surface area contributed by atoms with Crippen LogP contribution in [-0.2, 0) is 7.05 Å². The van der Waals surface area contributed by atoms with Crippen molar-refractivity contribution in [1.82, 2.24) is 19.3 Å². The lowest BCUT2D eigenvalue weighted by Crippen LogP contribution is -2.42. The molecule has 0 unspecified atom stereocenters. The van der Waals surface area contributed by atoms with E-state index in [9.17, 15) is 14.4 Å². The molecule has 7 nitrogen and oxygen atoms in total. The Hall–Kier alpha value is -4.50. The van der Waals surface area contributed by atoms with E-state index in [4.69, 9.17) is 6.42 Å². The molecule has 1 fully saturated rings. The molecule has 0 aliphatic carbocycles. The number of nitriles is 1. The third-order valence-corrected chi connectivity index (χ3v) is 7.89. The molecule has 0 N–H and O–H groups in total.